The quantitative estimate of drug-likeness (QED) is 0.686. The Hall–Kier alpha value is -1.46. The van der Waals surface area contributed by atoms with Crippen LogP contribution in [-0.4, -0.2) is 28.1 Å². The molecule has 0 aliphatic heterocycles. The van der Waals surface area contributed by atoms with Crippen molar-refractivity contribution in [2.75, 3.05) is 5.32 Å². The maximum atomic E-state index is 11.6. The van der Waals surface area contributed by atoms with Gasteiger partial charge in [0.1, 0.15) is 11.9 Å². The number of anilines is 1. The van der Waals surface area contributed by atoms with Gasteiger partial charge in [-0.05, 0) is 18.6 Å². The highest BCUT2D eigenvalue weighted by Crippen LogP contribution is 2.06. The summed E-state index contributed by atoms with van der Waals surface area (Å²) in [4.78, 5) is 15.6. The molecule has 94 valence electrons. The topological polar surface area (TPSA) is 88.2 Å². The minimum atomic E-state index is -1.19. The Morgan fingerprint density at radius 1 is 1.59 bits per heavy atom. The molecule has 0 spiro atoms. The minimum Gasteiger partial charge on any atom is -0.382 e. The number of unbranched alkanes of at least 4 members (excludes halogenated alkanes) is 1. The second-order valence-electron chi connectivity index (χ2n) is 3.96. The number of amides is 1. The number of rotatable bonds is 6. The number of nitrogens with zero attached hydrogens (tertiary/aromatic N) is 1. The monoisotopic (exact) mass is 237 g/mol. The molecule has 4 N–H and O–H groups in total. The molecule has 0 aromatic carbocycles. The SMILES string of the molecule is CCCC[C@H](N)[C@@H](O)C(=O)Nc1ccccn1. The molecule has 0 saturated heterocycles. The van der Waals surface area contributed by atoms with Crippen LogP contribution in [0.4, 0.5) is 5.82 Å². The van der Waals surface area contributed by atoms with Crippen molar-refractivity contribution in [3.8, 4) is 0 Å². The van der Waals surface area contributed by atoms with Gasteiger partial charge in [-0.25, -0.2) is 4.98 Å². The number of nitrogens with one attached hydrogen (secondary N) is 1. The second kappa shape index (κ2) is 6.98. The zero-order chi connectivity index (χ0) is 12.7. The lowest BCUT2D eigenvalue weighted by molar-refractivity contribution is -0.125. The van der Waals surface area contributed by atoms with E-state index in [9.17, 15) is 9.90 Å². The van der Waals surface area contributed by atoms with Crippen molar-refractivity contribution in [2.24, 2.45) is 5.73 Å². The first-order valence-corrected chi connectivity index (χ1v) is 5.80. The summed E-state index contributed by atoms with van der Waals surface area (Å²) in [6.45, 7) is 2.03. The molecule has 0 bridgehead atoms. The largest absolute Gasteiger partial charge is 0.382 e. The lowest BCUT2D eigenvalue weighted by Gasteiger charge is -2.17. The molecule has 1 rings (SSSR count). The molecule has 0 fully saturated rings. The third-order valence-electron chi connectivity index (χ3n) is 2.48. The highest BCUT2D eigenvalue weighted by molar-refractivity contribution is 5.93. The molecule has 0 saturated carbocycles. The van der Waals surface area contributed by atoms with E-state index < -0.39 is 18.1 Å². The average molecular weight is 237 g/mol. The summed E-state index contributed by atoms with van der Waals surface area (Å²) in [6.07, 6.45) is 2.90. The van der Waals surface area contributed by atoms with Gasteiger partial charge in [0, 0.05) is 12.2 Å². The van der Waals surface area contributed by atoms with Crippen molar-refractivity contribution in [3.05, 3.63) is 24.4 Å². The molecule has 0 radical (unpaired) electrons. The van der Waals surface area contributed by atoms with Crippen LogP contribution >= 0.6 is 0 Å². The van der Waals surface area contributed by atoms with E-state index in [1.54, 1.807) is 24.4 Å². The van der Waals surface area contributed by atoms with Gasteiger partial charge in [-0.1, -0.05) is 25.8 Å². The predicted octanol–water partition coefficient (Wildman–Crippen LogP) is 0.898. The Labute approximate surface area is 101 Å². The summed E-state index contributed by atoms with van der Waals surface area (Å²) >= 11 is 0. The lowest BCUT2D eigenvalue weighted by Crippen LogP contribution is -2.43. The first kappa shape index (κ1) is 13.6. The molecule has 1 amide bonds. The zero-order valence-corrected chi connectivity index (χ0v) is 9.97. The maximum Gasteiger partial charge on any atom is 0.255 e. The maximum absolute atomic E-state index is 11.6. The molecule has 1 aromatic heterocycles. The zero-order valence-electron chi connectivity index (χ0n) is 9.97. The van der Waals surface area contributed by atoms with Crippen LogP contribution in [0.1, 0.15) is 26.2 Å². The van der Waals surface area contributed by atoms with Crippen LogP contribution < -0.4 is 11.1 Å². The van der Waals surface area contributed by atoms with Crippen molar-refractivity contribution in [2.45, 2.75) is 38.3 Å². The summed E-state index contributed by atoms with van der Waals surface area (Å²) in [5.74, 6) is -0.0912. The molecule has 2 atom stereocenters. The summed E-state index contributed by atoms with van der Waals surface area (Å²) < 4.78 is 0. The van der Waals surface area contributed by atoms with Gasteiger partial charge in [-0.3, -0.25) is 4.79 Å². The van der Waals surface area contributed by atoms with Gasteiger partial charge in [-0.15, -0.1) is 0 Å². The van der Waals surface area contributed by atoms with E-state index in [0.717, 1.165) is 12.8 Å². The van der Waals surface area contributed by atoms with E-state index in [-0.39, 0.29) is 0 Å². The third-order valence-corrected chi connectivity index (χ3v) is 2.48. The van der Waals surface area contributed by atoms with Gasteiger partial charge >= 0.3 is 0 Å². The van der Waals surface area contributed by atoms with Crippen LogP contribution in [-0.2, 0) is 4.79 Å². The molecular formula is C12H19N3O2. The van der Waals surface area contributed by atoms with Gasteiger partial charge in [0.15, 0.2) is 0 Å². The number of carbonyl (C=O) groups excluding carboxylic acids is 1. The molecule has 17 heavy (non-hydrogen) atoms. The normalized spacial score (nSPS) is 14.1. The van der Waals surface area contributed by atoms with Gasteiger partial charge in [0.05, 0.1) is 0 Å². The standard InChI is InChI=1S/C12H19N3O2/c1-2-3-6-9(13)11(16)12(17)15-10-7-4-5-8-14-10/h4-5,7-9,11,16H,2-3,6,13H2,1H3,(H,14,15,17)/t9-,11+/m0/s1. The van der Waals surface area contributed by atoms with Crippen molar-refractivity contribution in [1.82, 2.24) is 4.98 Å². The van der Waals surface area contributed by atoms with Crippen LogP contribution in [0.2, 0.25) is 0 Å². The number of hydrogen-bond acceptors (Lipinski definition) is 4. The fraction of sp³-hybridized carbons (Fsp3) is 0.500. The molecular weight excluding hydrogens is 218 g/mol. The minimum absolute atomic E-state index is 0.416. The van der Waals surface area contributed by atoms with Crippen LogP contribution in [0.25, 0.3) is 0 Å². The molecule has 5 nitrogen and oxygen atoms in total. The van der Waals surface area contributed by atoms with E-state index in [1.165, 1.54) is 0 Å². The number of hydrogen-bond donors (Lipinski definition) is 3. The number of pyridine rings is 1. The van der Waals surface area contributed by atoms with Gasteiger partial charge in [0.25, 0.3) is 5.91 Å². The van der Waals surface area contributed by atoms with E-state index in [0.29, 0.717) is 12.2 Å². The second-order valence-corrected chi connectivity index (χ2v) is 3.96. The molecule has 0 aliphatic rings. The molecule has 5 heteroatoms. The fourth-order valence-corrected chi connectivity index (χ4v) is 1.43. The Bertz CT molecular complexity index is 343. The van der Waals surface area contributed by atoms with E-state index >= 15 is 0 Å². The number of nitrogens with two attached hydrogens (primary N) is 1. The smallest absolute Gasteiger partial charge is 0.255 e. The number of aliphatic hydroxyl groups is 1. The van der Waals surface area contributed by atoms with Gasteiger partial charge in [-0.2, -0.15) is 0 Å². The summed E-state index contributed by atoms with van der Waals surface area (Å²) in [5.41, 5.74) is 5.73. The number of aromatic nitrogens is 1. The van der Waals surface area contributed by atoms with Crippen molar-refractivity contribution >= 4 is 11.7 Å². The Morgan fingerprint density at radius 3 is 2.94 bits per heavy atom. The first-order valence-electron chi connectivity index (χ1n) is 5.80. The van der Waals surface area contributed by atoms with E-state index in [1.807, 2.05) is 6.92 Å². The summed E-state index contributed by atoms with van der Waals surface area (Å²) in [6, 6.07) is 4.63. The first-order chi connectivity index (χ1) is 8.15. The molecule has 0 aliphatic carbocycles. The van der Waals surface area contributed by atoms with E-state index in [4.69, 9.17) is 5.73 Å². The highest BCUT2D eigenvalue weighted by atomic mass is 16.3. The molecule has 1 aromatic rings. The fourth-order valence-electron chi connectivity index (χ4n) is 1.43. The Balaban J connectivity index is 2.47. The van der Waals surface area contributed by atoms with Gasteiger partial charge in [0.2, 0.25) is 0 Å². The number of aliphatic hydroxyl groups excluding tert-OH is 1. The Kier molecular flexibility index (Phi) is 5.59. The average Bonchev–Trinajstić information content (AvgIpc) is 2.36. The molecule has 1 heterocycles. The van der Waals surface area contributed by atoms with Crippen molar-refractivity contribution in [3.63, 3.8) is 0 Å². The van der Waals surface area contributed by atoms with Crippen LogP contribution in [0, 0.1) is 0 Å². The van der Waals surface area contributed by atoms with Crippen LogP contribution in [0.15, 0.2) is 24.4 Å². The van der Waals surface area contributed by atoms with E-state index in [2.05, 4.69) is 10.3 Å². The number of carbonyl (C=O) groups is 1. The third kappa shape index (κ3) is 4.50. The summed E-state index contributed by atoms with van der Waals surface area (Å²) in [7, 11) is 0. The predicted molar refractivity (Wildman–Crippen MR) is 66.4 cm³/mol. The Morgan fingerprint density at radius 2 is 2.35 bits per heavy atom. The van der Waals surface area contributed by atoms with Crippen LogP contribution in [0.5, 0.6) is 0 Å². The van der Waals surface area contributed by atoms with Crippen molar-refractivity contribution in [1.29, 1.82) is 0 Å². The van der Waals surface area contributed by atoms with Crippen LogP contribution in [0.3, 0.4) is 0 Å². The highest BCUT2D eigenvalue weighted by Gasteiger charge is 2.22. The summed E-state index contributed by atoms with van der Waals surface area (Å²) in [5, 5.41) is 12.2. The van der Waals surface area contributed by atoms with Gasteiger partial charge < -0.3 is 16.2 Å². The molecule has 0 unspecified atom stereocenters. The lowest BCUT2D eigenvalue weighted by atomic mass is 10.0. The van der Waals surface area contributed by atoms with Crippen molar-refractivity contribution < 1.29 is 9.90 Å².